The average molecular weight is 299 g/mol. The fourth-order valence-electron chi connectivity index (χ4n) is 3.51. The van der Waals surface area contributed by atoms with E-state index in [4.69, 9.17) is 0 Å². The molecule has 4 heteroatoms. The molecule has 1 heterocycles. The molecule has 0 fully saturated rings. The van der Waals surface area contributed by atoms with Crippen molar-refractivity contribution in [2.24, 2.45) is 7.05 Å². The monoisotopic (exact) mass is 299 g/mol. The second-order valence-corrected chi connectivity index (χ2v) is 6.27. The van der Waals surface area contributed by atoms with E-state index in [1.807, 2.05) is 17.8 Å². The summed E-state index contributed by atoms with van der Waals surface area (Å²) in [5.74, 6) is 0. The summed E-state index contributed by atoms with van der Waals surface area (Å²) >= 11 is 0. The molecule has 1 aromatic heterocycles. The topological polar surface area (TPSA) is 50.1 Å². The molecule has 0 aliphatic heterocycles. The lowest BCUT2D eigenvalue weighted by molar-refractivity contribution is 0.0189. The van der Waals surface area contributed by atoms with Crippen LogP contribution in [0.3, 0.4) is 0 Å². The molecule has 1 aliphatic carbocycles. The van der Waals surface area contributed by atoms with Crippen LogP contribution in [-0.2, 0) is 32.0 Å². The zero-order valence-electron chi connectivity index (χ0n) is 13.5. The third-order valence-electron chi connectivity index (χ3n) is 4.61. The Morgan fingerprint density at radius 3 is 3.00 bits per heavy atom. The first kappa shape index (κ1) is 15.3. The fraction of sp³-hybridized carbons (Fsp3) is 0.500. The Hall–Kier alpha value is -1.65. The number of hydrogen-bond acceptors (Lipinski definition) is 3. The van der Waals surface area contributed by atoms with Gasteiger partial charge in [-0.1, -0.05) is 31.2 Å². The molecule has 22 heavy (non-hydrogen) atoms. The Labute approximate surface area is 132 Å². The highest BCUT2D eigenvalue weighted by Crippen LogP contribution is 2.34. The number of benzene rings is 1. The van der Waals surface area contributed by atoms with Gasteiger partial charge >= 0.3 is 0 Å². The van der Waals surface area contributed by atoms with Gasteiger partial charge in [0.25, 0.3) is 0 Å². The molecule has 118 valence electrons. The van der Waals surface area contributed by atoms with Crippen LogP contribution in [0.15, 0.2) is 30.5 Å². The highest BCUT2D eigenvalue weighted by atomic mass is 16.3. The Morgan fingerprint density at radius 1 is 1.36 bits per heavy atom. The first-order chi connectivity index (χ1) is 10.6. The maximum atomic E-state index is 11.0. The molecule has 1 aromatic carbocycles. The van der Waals surface area contributed by atoms with Crippen molar-refractivity contribution in [3.63, 3.8) is 0 Å². The van der Waals surface area contributed by atoms with Crippen molar-refractivity contribution in [2.75, 3.05) is 6.54 Å². The number of nitrogens with one attached hydrogen (secondary N) is 1. The van der Waals surface area contributed by atoms with E-state index in [1.54, 1.807) is 0 Å². The molecule has 0 saturated heterocycles. The molecule has 2 aromatic rings. The van der Waals surface area contributed by atoms with Gasteiger partial charge < -0.3 is 10.4 Å². The molecule has 0 saturated carbocycles. The van der Waals surface area contributed by atoms with Crippen LogP contribution in [0.25, 0.3) is 0 Å². The first-order valence-electron chi connectivity index (χ1n) is 8.15. The molecule has 1 unspecified atom stereocenters. The summed E-state index contributed by atoms with van der Waals surface area (Å²) in [6.07, 6.45) is 5.93. The number of aryl methyl sites for hydroxylation is 3. The Morgan fingerprint density at radius 2 is 2.18 bits per heavy atom. The lowest BCUT2D eigenvalue weighted by atomic mass is 9.79. The highest BCUT2D eigenvalue weighted by molar-refractivity contribution is 5.35. The standard InChI is InChI=1S/C18H25N3O/c1-3-17-15(12-21(2)20-17)11-19-13-18(22)10-6-8-14-7-4-5-9-16(14)18/h4-5,7,9,12,19,22H,3,6,8,10-11,13H2,1-2H3. The average Bonchev–Trinajstić information content (AvgIpc) is 2.88. The number of aromatic nitrogens is 2. The van der Waals surface area contributed by atoms with Crippen LogP contribution in [-0.4, -0.2) is 21.4 Å². The number of fused-ring (bicyclic) bond motifs is 1. The number of hydrogen-bond donors (Lipinski definition) is 2. The molecular formula is C18H25N3O. The molecule has 2 N–H and O–H groups in total. The van der Waals surface area contributed by atoms with E-state index in [0.717, 1.165) is 43.5 Å². The molecule has 3 rings (SSSR count). The van der Waals surface area contributed by atoms with Crippen LogP contribution < -0.4 is 5.32 Å². The van der Waals surface area contributed by atoms with Gasteiger partial charge in [0.15, 0.2) is 0 Å². The molecule has 4 nitrogen and oxygen atoms in total. The summed E-state index contributed by atoms with van der Waals surface area (Å²) in [5, 5.41) is 18.9. The van der Waals surface area contributed by atoms with Gasteiger partial charge in [-0.05, 0) is 36.8 Å². The number of aliphatic hydroxyl groups is 1. The van der Waals surface area contributed by atoms with E-state index in [9.17, 15) is 5.11 Å². The van der Waals surface area contributed by atoms with Crippen molar-refractivity contribution in [2.45, 2.75) is 44.8 Å². The van der Waals surface area contributed by atoms with Crippen molar-refractivity contribution in [1.29, 1.82) is 0 Å². The second-order valence-electron chi connectivity index (χ2n) is 6.27. The minimum Gasteiger partial charge on any atom is -0.384 e. The van der Waals surface area contributed by atoms with Crippen molar-refractivity contribution < 1.29 is 5.11 Å². The Balaban J connectivity index is 1.69. The summed E-state index contributed by atoms with van der Waals surface area (Å²) in [7, 11) is 1.95. The Kier molecular flexibility index (Phi) is 4.32. The van der Waals surface area contributed by atoms with Gasteiger partial charge in [-0.15, -0.1) is 0 Å². The Bertz CT molecular complexity index is 650. The normalized spacial score (nSPS) is 20.9. The minimum atomic E-state index is -0.747. The lowest BCUT2D eigenvalue weighted by Gasteiger charge is -2.34. The number of nitrogens with zero attached hydrogens (tertiary/aromatic N) is 2. The first-order valence-corrected chi connectivity index (χ1v) is 8.15. The molecule has 1 atom stereocenters. The van der Waals surface area contributed by atoms with Crippen LogP contribution in [0, 0.1) is 0 Å². The largest absolute Gasteiger partial charge is 0.384 e. The molecule has 1 aliphatic rings. The van der Waals surface area contributed by atoms with Crippen LogP contribution >= 0.6 is 0 Å². The molecular weight excluding hydrogens is 274 g/mol. The van der Waals surface area contributed by atoms with Crippen LogP contribution in [0.2, 0.25) is 0 Å². The van der Waals surface area contributed by atoms with Gasteiger partial charge in [-0.2, -0.15) is 5.10 Å². The molecule has 0 radical (unpaired) electrons. The summed E-state index contributed by atoms with van der Waals surface area (Å²) < 4.78 is 1.86. The maximum Gasteiger partial charge on any atom is 0.102 e. The van der Waals surface area contributed by atoms with Gasteiger partial charge in [0.2, 0.25) is 0 Å². The molecule has 0 amide bonds. The third-order valence-corrected chi connectivity index (χ3v) is 4.61. The van der Waals surface area contributed by atoms with Crippen LogP contribution in [0.1, 0.15) is 42.1 Å². The van der Waals surface area contributed by atoms with Crippen molar-refractivity contribution in [3.05, 3.63) is 52.8 Å². The highest BCUT2D eigenvalue weighted by Gasteiger charge is 2.33. The SMILES string of the molecule is CCc1nn(C)cc1CNCC1(O)CCCc2ccccc21. The van der Waals surface area contributed by atoms with Crippen molar-refractivity contribution in [3.8, 4) is 0 Å². The zero-order chi connectivity index (χ0) is 15.6. The zero-order valence-corrected chi connectivity index (χ0v) is 13.5. The van der Waals surface area contributed by atoms with E-state index in [-0.39, 0.29) is 0 Å². The lowest BCUT2D eigenvalue weighted by Crippen LogP contribution is -2.40. The smallest absolute Gasteiger partial charge is 0.102 e. The van der Waals surface area contributed by atoms with E-state index in [2.05, 4.69) is 41.7 Å². The summed E-state index contributed by atoms with van der Waals surface area (Å²) in [6, 6.07) is 8.28. The van der Waals surface area contributed by atoms with E-state index in [1.165, 1.54) is 11.1 Å². The van der Waals surface area contributed by atoms with Crippen molar-refractivity contribution in [1.82, 2.24) is 15.1 Å². The van der Waals surface area contributed by atoms with Crippen LogP contribution in [0.4, 0.5) is 0 Å². The van der Waals surface area contributed by atoms with Gasteiger partial charge in [0.05, 0.1) is 5.69 Å². The van der Waals surface area contributed by atoms with Crippen LogP contribution in [0.5, 0.6) is 0 Å². The van der Waals surface area contributed by atoms with Gasteiger partial charge in [-0.25, -0.2) is 0 Å². The van der Waals surface area contributed by atoms with Gasteiger partial charge in [0.1, 0.15) is 5.60 Å². The second kappa shape index (κ2) is 6.23. The van der Waals surface area contributed by atoms with Crippen molar-refractivity contribution >= 4 is 0 Å². The van der Waals surface area contributed by atoms with E-state index in [0.29, 0.717) is 6.54 Å². The third kappa shape index (κ3) is 2.94. The van der Waals surface area contributed by atoms with Gasteiger partial charge in [0, 0.05) is 31.9 Å². The molecule has 0 spiro atoms. The minimum absolute atomic E-state index is 0.585. The summed E-state index contributed by atoms with van der Waals surface area (Å²) in [4.78, 5) is 0. The predicted octanol–water partition coefficient (Wildman–Crippen LogP) is 2.30. The summed E-state index contributed by atoms with van der Waals surface area (Å²) in [6.45, 7) is 3.46. The van der Waals surface area contributed by atoms with Gasteiger partial charge in [-0.3, -0.25) is 4.68 Å². The fourth-order valence-corrected chi connectivity index (χ4v) is 3.51. The maximum absolute atomic E-state index is 11.0. The quantitative estimate of drug-likeness (QED) is 0.890. The molecule has 0 bridgehead atoms. The van der Waals surface area contributed by atoms with E-state index >= 15 is 0 Å². The number of rotatable bonds is 5. The predicted molar refractivity (Wildman–Crippen MR) is 87.6 cm³/mol. The summed E-state index contributed by atoms with van der Waals surface area (Å²) in [5.41, 5.74) is 3.98. The van der Waals surface area contributed by atoms with E-state index < -0.39 is 5.60 Å².